The normalized spacial score (nSPS) is 11.2. The van der Waals surface area contributed by atoms with Gasteiger partial charge in [-0.2, -0.15) is 0 Å². The standard InChI is InChI=1S/C17H19NO3S/c1-13-5-3-4-6-16(13)17(19)18-12-11-14-7-9-15(10-8-14)22(2,20)21/h3-10H,11-12H2,1-2H3,(H,18,19). The average Bonchev–Trinajstić information content (AvgIpc) is 2.47. The van der Waals surface area contributed by atoms with Crippen molar-refractivity contribution in [1.82, 2.24) is 5.32 Å². The third kappa shape index (κ3) is 4.18. The van der Waals surface area contributed by atoms with Gasteiger partial charge in [-0.1, -0.05) is 30.3 Å². The summed E-state index contributed by atoms with van der Waals surface area (Å²) >= 11 is 0. The first-order chi connectivity index (χ1) is 10.4. The SMILES string of the molecule is Cc1ccccc1C(=O)NCCc1ccc(S(C)(=O)=O)cc1. The van der Waals surface area contributed by atoms with Crippen molar-refractivity contribution in [1.29, 1.82) is 0 Å². The number of rotatable bonds is 5. The van der Waals surface area contributed by atoms with Gasteiger partial charge in [-0.25, -0.2) is 8.42 Å². The number of aryl methyl sites for hydroxylation is 1. The van der Waals surface area contributed by atoms with Crippen molar-refractivity contribution >= 4 is 15.7 Å². The van der Waals surface area contributed by atoms with Gasteiger partial charge in [0.15, 0.2) is 9.84 Å². The second-order valence-corrected chi connectivity index (χ2v) is 7.25. The van der Waals surface area contributed by atoms with Crippen LogP contribution in [0.2, 0.25) is 0 Å². The molecule has 0 spiro atoms. The maximum absolute atomic E-state index is 12.1. The largest absolute Gasteiger partial charge is 0.352 e. The molecule has 0 saturated heterocycles. The highest BCUT2D eigenvalue weighted by Crippen LogP contribution is 2.11. The predicted molar refractivity (Wildman–Crippen MR) is 86.8 cm³/mol. The highest BCUT2D eigenvalue weighted by molar-refractivity contribution is 7.90. The quantitative estimate of drug-likeness (QED) is 0.921. The molecule has 0 heterocycles. The summed E-state index contributed by atoms with van der Waals surface area (Å²) in [5.74, 6) is -0.0918. The summed E-state index contributed by atoms with van der Waals surface area (Å²) in [7, 11) is -3.16. The molecule has 0 aliphatic carbocycles. The smallest absolute Gasteiger partial charge is 0.251 e. The number of amides is 1. The van der Waals surface area contributed by atoms with Crippen LogP contribution < -0.4 is 5.32 Å². The van der Waals surface area contributed by atoms with Crippen LogP contribution in [0.1, 0.15) is 21.5 Å². The van der Waals surface area contributed by atoms with Gasteiger partial charge in [0.1, 0.15) is 0 Å². The molecule has 2 aromatic carbocycles. The fourth-order valence-electron chi connectivity index (χ4n) is 2.15. The fourth-order valence-corrected chi connectivity index (χ4v) is 2.78. The highest BCUT2D eigenvalue weighted by Gasteiger charge is 2.08. The molecule has 0 aliphatic rings. The van der Waals surface area contributed by atoms with E-state index >= 15 is 0 Å². The van der Waals surface area contributed by atoms with Crippen molar-refractivity contribution in [3.63, 3.8) is 0 Å². The number of carbonyl (C=O) groups excluding carboxylic acids is 1. The lowest BCUT2D eigenvalue weighted by molar-refractivity contribution is 0.0953. The van der Waals surface area contributed by atoms with E-state index in [0.29, 0.717) is 23.4 Å². The molecule has 5 heteroatoms. The van der Waals surface area contributed by atoms with Crippen LogP contribution >= 0.6 is 0 Å². The predicted octanol–water partition coefficient (Wildman–Crippen LogP) is 2.37. The van der Waals surface area contributed by atoms with Crippen molar-refractivity contribution in [3.8, 4) is 0 Å². The number of hydrogen-bond acceptors (Lipinski definition) is 3. The fraction of sp³-hybridized carbons (Fsp3) is 0.235. The molecule has 4 nitrogen and oxygen atoms in total. The van der Waals surface area contributed by atoms with Crippen LogP contribution in [-0.2, 0) is 16.3 Å². The van der Waals surface area contributed by atoms with E-state index in [4.69, 9.17) is 0 Å². The molecule has 0 bridgehead atoms. The van der Waals surface area contributed by atoms with Gasteiger partial charge < -0.3 is 5.32 Å². The van der Waals surface area contributed by atoms with Gasteiger partial charge in [0.2, 0.25) is 0 Å². The van der Waals surface area contributed by atoms with Gasteiger partial charge >= 0.3 is 0 Å². The monoisotopic (exact) mass is 317 g/mol. The minimum absolute atomic E-state index is 0.0918. The number of sulfone groups is 1. The average molecular weight is 317 g/mol. The number of benzene rings is 2. The number of nitrogens with one attached hydrogen (secondary N) is 1. The Kier molecular flexibility index (Phi) is 4.98. The molecule has 2 rings (SSSR count). The topological polar surface area (TPSA) is 63.2 Å². The van der Waals surface area contributed by atoms with Crippen molar-refractivity contribution < 1.29 is 13.2 Å². The Labute approximate surface area is 131 Å². The van der Waals surface area contributed by atoms with E-state index in [0.717, 1.165) is 11.1 Å². The van der Waals surface area contributed by atoms with E-state index in [1.807, 2.05) is 25.1 Å². The van der Waals surface area contributed by atoms with Crippen LogP contribution in [0.4, 0.5) is 0 Å². The Morgan fingerprint density at radius 2 is 1.68 bits per heavy atom. The van der Waals surface area contributed by atoms with Crippen molar-refractivity contribution in [3.05, 3.63) is 65.2 Å². The summed E-state index contributed by atoms with van der Waals surface area (Å²) in [5, 5.41) is 2.88. The molecule has 0 aliphatic heterocycles. The van der Waals surface area contributed by atoms with E-state index in [2.05, 4.69) is 5.32 Å². The Morgan fingerprint density at radius 3 is 2.27 bits per heavy atom. The lowest BCUT2D eigenvalue weighted by Crippen LogP contribution is -2.26. The molecule has 0 aromatic heterocycles. The molecule has 2 aromatic rings. The minimum Gasteiger partial charge on any atom is -0.352 e. The second-order valence-electron chi connectivity index (χ2n) is 5.24. The van der Waals surface area contributed by atoms with Crippen molar-refractivity contribution in [2.45, 2.75) is 18.2 Å². The van der Waals surface area contributed by atoms with Gasteiger partial charge in [-0.15, -0.1) is 0 Å². The summed E-state index contributed by atoms with van der Waals surface area (Å²) in [6.07, 6.45) is 1.84. The molecular formula is C17H19NO3S. The maximum Gasteiger partial charge on any atom is 0.251 e. The Balaban J connectivity index is 1.92. The second kappa shape index (κ2) is 6.75. The maximum atomic E-state index is 12.1. The first kappa shape index (κ1) is 16.2. The van der Waals surface area contributed by atoms with Gasteiger partial charge in [0.25, 0.3) is 5.91 Å². The summed E-state index contributed by atoms with van der Waals surface area (Å²) in [4.78, 5) is 12.4. The molecule has 0 atom stereocenters. The van der Waals surface area contributed by atoms with Gasteiger partial charge in [0, 0.05) is 18.4 Å². The first-order valence-electron chi connectivity index (χ1n) is 7.01. The molecule has 0 radical (unpaired) electrons. The number of hydrogen-bond donors (Lipinski definition) is 1. The lowest BCUT2D eigenvalue weighted by Gasteiger charge is -2.08. The Hall–Kier alpha value is -2.14. The summed E-state index contributed by atoms with van der Waals surface area (Å²) < 4.78 is 22.8. The van der Waals surface area contributed by atoms with Gasteiger partial charge in [-0.3, -0.25) is 4.79 Å². The molecular weight excluding hydrogens is 298 g/mol. The van der Waals surface area contributed by atoms with E-state index in [9.17, 15) is 13.2 Å². The van der Waals surface area contributed by atoms with E-state index < -0.39 is 9.84 Å². The Bertz CT molecular complexity index is 765. The van der Waals surface area contributed by atoms with Crippen LogP contribution in [0.3, 0.4) is 0 Å². The summed E-state index contributed by atoms with van der Waals surface area (Å²) in [6.45, 7) is 2.41. The molecule has 0 unspecified atom stereocenters. The zero-order valence-corrected chi connectivity index (χ0v) is 13.5. The van der Waals surface area contributed by atoms with Crippen LogP contribution in [0.15, 0.2) is 53.4 Å². The highest BCUT2D eigenvalue weighted by atomic mass is 32.2. The zero-order chi connectivity index (χ0) is 16.2. The van der Waals surface area contributed by atoms with Crippen molar-refractivity contribution in [2.24, 2.45) is 0 Å². The van der Waals surface area contributed by atoms with Crippen LogP contribution in [0, 0.1) is 6.92 Å². The van der Waals surface area contributed by atoms with Crippen LogP contribution in [0.5, 0.6) is 0 Å². The van der Waals surface area contributed by atoms with E-state index in [1.54, 1.807) is 30.3 Å². The molecule has 1 N–H and O–H groups in total. The molecule has 1 amide bonds. The molecule has 0 fully saturated rings. The van der Waals surface area contributed by atoms with Crippen LogP contribution in [-0.4, -0.2) is 27.1 Å². The third-order valence-corrected chi connectivity index (χ3v) is 4.57. The van der Waals surface area contributed by atoms with Crippen molar-refractivity contribution in [2.75, 3.05) is 12.8 Å². The Morgan fingerprint density at radius 1 is 1.05 bits per heavy atom. The van der Waals surface area contributed by atoms with Gasteiger partial charge in [-0.05, 0) is 42.7 Å². The van der Waals surface area contributed by atoms with Gasteiger partial charge in [0.05, 0.1) is 4.90 Å². The van der Waals surface area contributed by atoms with E-state index in [1.165, 1.54) is 6.26 Å². The summed E-state index contributed by atoms with van der Waals surface area (Å²) in [5.41, 5.74) is 2.60. The zero-order valence-electron chi connectivity index (χ0n) is 12.7. The van der Waals surface area contributed by atoms with Crippen LogP contribution in [0.25, 0.3) is 0 Å². The summed E-state index contributed by atoms with van der Waals surface area (Å²) in [6, 6.07) is 14.2. The lowest BCUT2D eigenvalue weighted by atomic mass is 10.1. The first-order valence-corrected chi connectivity index (χ1v) is 8.90. The third-order valence-electron chi connectivity index (χ3n) is 3.44. The number of carbonyl (C=O) groups is 1. The van der Waals surface area contributed by atoms with E-state index in [-0.39, 0.29) is 5.91 Å². The minimum atomic E-state index is -3.16. The molecule has 22 heavy (non-hydrogen) atoms. The molecule has 116 valence electrons. The molecule has 0 saturated carbocycles.